The number of benzene rings is 1. The smallest absolute Gasteiger partial charge is 0.238 e. The van der Waals surface area contributed by atoms with Gasteiger partial charge in [-0.2, -0.15) is 0 Å². The second kappa shape index (κ2) is 6.70. The van der Waals surface area contributed by atoms with Gasteiger partial charge in [0, 0.05) is 22.3 Å². The number of nitrogens with one attached hydrogen (secondary N) is 1. The van der Waals surface area contributed by atoms with E-state index in [-0.39, 0.29) is 5.91 Å². The first kappa shape index (κ1) is 14.8. The number of amides is 1. The van der Waals surface area contributed by atoms with E-state index in [4.69, 9.17) is 0 Å². The van der Waals surface area contributed by atoms with Crippen molar-refractivity contribution in [3.63, 3.8) is 0 Å². The van der Waals surface area contributed by atoms with Crippen molar-refractivity contribution in [1.29, 1.82) is 0 Å². The highest BCUT2D eigenvalue weighted by Gasteiger charge is 2.23. The monoisotopic (exact) mass is 372 g/mol. The van der Waals surface area contributed by atoms with Gasteiger partial charge in [0.25, 0.3) is 0 Å². The minimum atomic E-state index is 0.0864. The third-order valence-electron chi connectivity index (χ3n) is 3.42. The Morgan fingerprint density at radius 2 is 2.05 bits per heavy atom. The molecule has 0 bridgehead atoms. The molecular formula is C15H21IN2O. The molecule has 1 heterocycles. The van der Waals surface area contributed by atoms with Crippen LogP contribution in [0, 0.1) is 15.4 Å². The highest BCUT2D eigenvalue weighted by atomic mass is 127. The number of hydrogen-bond donors (Lipinski definition) is 1. The normalized spacial score (nSPS) is 24.2. The Morgan fingerprint density at radius 1 is 1.37 bits per heavy atom. The summed E-state index contributed by atoms with van der Waals surface area (Å²) in [6.45, 7) is 7.09. The second-order valence-corrected chi connectivity index (χ2v) is 6.94. The molecule has 0 saturated carbocycles. The van der Waals surface area contributed by atoms with Crippen molar-refractivity contribution in [1.82, 2.24) is 4.90 Å². The Labute approximate surface area is 128 Å². The third-order valence-corrected chi connectivity index (χ3v) is 4.09. The molecule has 2 rings (SSSR count). The molecule has 1 N–H and O–H groups in total. The van der Waals surface area contributed by atoms with Crippen LogP contribution in [0.1, 0.15) is 20.3 Å². The number of piperidine rings is 1. The van der Waals surface area contributed by atoms with Gasteiger partial charge in [-0.25, -0.2) is 0 Å². The molecule has 1 fully saturated rings. The molecule has 3 nitrogen and oxygen atoms in total. The molecule has 1 aliphatic rings. The van der Waals surface area contributed by atoms with Gasteiger partial charge in [-0.05, 0) is 59.0 Å². The topological polar surface area (TPSA) is 32.3 Å². The number of likely N-dealkylation sites (tertiary alicyclic amines) is 1. The second-order valence-electron chi connectivity index (χ2n) is 5.70. The van der Waals surface area contributed by atoms with Crippen LogP contribution in [-0.4, -0.2) is 30.4 Å². The Bertz CT molecular complexity index is 440. The molecule has 0 radical (unpaired) electrons. The molecule has 1 aromatic rings. The minimum Gasteiger partial charge on any atom is -0.325 e. The van der Waals surface area contributed by atoms with E-state index in [0.717, 1.165) is 22.3 Å². The average Bonchev–Trinajstić information content (AvgIpc) is 2.26. The number of hydrogen-bond acceptors (Lipinski definition) is 2. The summed E-state index contributed by atoms with van der Waals surface area (Å²) in [4.78, 5) is 14.3. The number of nitrogens with zero attached hydrogens (tertiary/aromatic N) is 1. The summed E-state index contributed by atoms with van der Waals surface area (Å²) >= 11 is 2.25. The summed E-state index contributed by atoms with van der Waals surface area (Å²) < 4.78 is 1.13. The van der Waals surface area contributed by atoms with Gasteiger partial charge in [-0.3, -0.25) is 9.69 Å². The maximum atomic E-state index is 12.1. The van der Waals surface area contributed by atoms with Crippen LogP contribution in [0.3, 0.4) is 0 Å². The molecule has 19 heavy (non-hydrogen) atoms. The van der Waals surface area contributed by atoms with E-state index in [1.54, 1.807) is 0 Å². The fourth-order valence-electron chi connectivity index (χ4n) is 2.89. The third kappa shape index (κ3) is 4.76. The van der Waals surface area contributed by atoms with E-state index >= 15 is 0 Å². The van der Waals surface area contributed by atoms with Crippen molar-refractivity contribution in [3.8, 4) is 0 Å². The van der Waals surface area contributed by atoms with Gasteiger partial charge in [0.15, 0.2) is 0 Å². The highest BCUT2D eigenvalue weighted by Crippen LogP contribution is 2.20. The molecule has 1 aromatic carbocycles. The fourth-order valence-corrected chi connectivity index (χ4v) is 3.43. The SMILES string of the molecule is CC1CC(C)CN(CC(=O)Nc2cccc(I)c2)C1. The van der Waals surface area contributed by atoms with Crippen molar-refractivity contribution >= 4 is 34.2 Å². The summed E-state index contributed by atoms with van der Waals surface area (Å²) in [5, 5.41) is 2.97. The minimum absolute atomic E-state index is 0.0864. The van der Waals surface area contributed by atoms with Gasteiger partial charge in [0.05, 0.1) is 6.54 Å². The molecule has 2 atom stereocenters. The van der Waals surface area contributed by atoms with Crippen LogP contribution in [0.5, 0.6) is 0 Å². The van der Waals surface area contributed by atoms with Crippen molar-refractivity contribution in [2.75, 3.05) is 25.0 Å². The van der Waals surface area contributed by atoms with E-state index in [9.17, 15) is 4.79 Å². The molecule has 0 aliphatic carbocycles. The Morgan fingerprint density at radius 3 is 2.68 bits per heavy atom. The zero-order valence-electron chi connectivity index (χ0n) is 11.5. The molecular weight excluding hydrogens is 351 g/mol. The molecule has 104 valence electrons. The maximum absolute atomic E-state index is 12.1. The van der Waals surface area contributed by atoms with E-state index in [1.807, 2.05) is 24.3 Å². The van der Waals surface area contributed by atoms with Gasteiger partial charge < -0.3 is 5.32 Å². The first-order chi connectivity index (χ1) is 9.02. The summed E-state index contributed by atoms with van der Waals surface area (Å²) in [5.74, 6) is 1.46. The Hall–Kier alpha value is -0.620. The van der Waals surface area contributed by atoms with E-state index in [2.05, 4.69) is 46.7 Å². The van der Waals surface area contributed by atoms with Gasteiger partial charge >= 0.3 is 0 Å². The van der Waals surface area contributed by atoms with Crippen molar-refractivity contribution in [2.45, 2.75) is 20.3 Å². The average molecular weight is 372 g/mol. The summed E-state index contributed by atoms with van der Waals surface area (Å²) in [5.41, 5.74) is 0.884. The molecule has 0 aromatic heterocycles. The molecule has 0 spiro atoms. The van der Waals surface area contributed by atoms with Crippen LogP contribution in [0.25, 0.3) is 0 Å². The van der Waals surface area contributed by atoms with Gasteiger partial charge in [-0.15, -0.1) is 0 Å². The lowest BCUT2D eigenvalue weighted by atomic mass is 9.92. The summed E-state index contributed by atoms with van der Waals surface area (Å²) in [7, 11) is 0. The van der Waals surface area contributed by atoms with Crippen LogP contribution in [0.4, 0.5) is 5.69 Å². The van der Waals surface area contributed by atoms with Crippen LogP contribution in [0.2, 0.25) is 0 Å². The number of anilines is 1. The lowest BCUT2D eigenvalue weighted by Gasteiger charge is -2.34. The summed E-state index contributed by atoms with van der Waals surface area (Å²) in [6.07, 6.45) is 1.27. The van der Waals surface area contributed by atoms with Crippen molar-refractivity contribution in [2.24, 2.45) is 11.8 Å². The van der Waals surface area contributed by atoms with E-state index in [0.29, 0.717) is 18.4 Å². The van der Waals surface area contributed by atoms with E-state index in [1.165, 1.54) is 6.42 Å². The zero-order chi connectivity index (χ0) is 13.8. The maximum Gasteiger partial charge on any atom is 0.238 e. The predicted molar refractivity (Wildman–Crippen MR) is 87.2 cm³/mol. The Balaban J connectivity index is 1.87. The first-order valence-corrected chi connectivity index (χ1v) is 7.88. The zero-order valence-corrected chi connectivity index (χ0v) is 13.7. The molecule has 1 aliphatic heterocycles. The molecule has 1 saturated heterocycles. The van der Waals surface area contributed by atoms with Crippen LogP contribution >= 0.6 is 22.6 Å². The van der Waals surface area contributed by atoms with Gasteiger partial charge in [0.1, 0.15) is 0 Å². The Kier molecular flexibility index (Phi) is 5.21. The first-order valence-electron chi connectivity index (χ1n) is 6.80. The lowest BCUT2D eigenvalue weighted by Crippen LogP contribution is -2.42. The number of halogens is 1. The standard InChI is InChI=1S/C15H21IN2O/c1-11-6-12(2)9-18(8-11)10-15(19)17-14-5-3-4-13(16)7-14/h3-5,7,11-12H,6,8-10H2,1-2H3,(H,17,19). The predicted octanol–water partition coefficient (Wildman–Crippen LogP) is 3.21. The lowest BCUT2D eigenvalue weighted by molar-refractivity contribution is -0.117. The van der Waals surface area contributed by atoms with Gasteiger partial charge in [0.2, 0.25) is 5.91 Å². The highest BCUT2D eigenvalue weighted by molar-refractivity contribution is 14.1. The molecule has 2 unspecified atom stereocenters. The largest absolute Gasteiger partial charge is 0.325 e. The van der Waals surface area contributed by atoms with Crippen LogP contribution in [-0.2, 0) is 4.79 Å². The number of rotatable bonds is 3. The van der Waals surface area contributed by atoms with E-state index < -0.39 is 0 Å². The summed E-state index contributed by atoms with van der Waals surface area (Å²) in [6, 6.07) is 7.90. The number of carbonyl (C=O) groups excluding carboxylic acids is 1. The van der Waals surface area contributed by atoms with Crippen molar-refractivity contribution in [3.05, 3.63) is 27.8 Å². The molecule has 1 amide bonds. The van der Waals surface area contributed by atoms with Crippen molar-refractivity contribution < 1.29 is 4.79 Å². The fraction of sp³-hybridized carbons (Fsp3) is 0.533. The quantitative estimate of drug-likeness (QED) is 0.827. The molecule has 4 heteroatoms. The van der Waals surface area contributed by atoms with Gasteiger partial charge in [-0.1, -0.05) is 19.9 Å². The van der Waals surface area contributed by atoms with Crippen LogP contribution < -0.4 is 5.32 Å². The van der Waals surface area contributed by atoms with Crippen LogP contribution in [0.15, 0.2) is 24.3 Å². The number of carbonyl (C=O) groups is 1.